The summed E-state index contributed by atoms with van der Waals surface area (Å²) in [5.74, 6) is 0. The summed E-state index contributed by atoms with van der Waals surface area (Å²) in [6.07, 6.45) is 2.71. The Balaban J connectivity index is 1.49. The second-order valence-electron chi connectivity index (χ2n) is 7.46. The van der Waals surface area contributed by atoms with Gasteiger partial charge in [-0.25, -0.2) is 4.79 Å². The fourth-order valence-corrected chi connectivity index (χ4v) is 4.34. The van der Waals surface area contributed by atoms with Gasteiger partial charge in [0.15, 0.2) is 0 Å². The highest BCUT2D eigenvalue weighted by molar-refractivity contribution is 6.31. The molecule has 0 radical (unpaired) electrons. The number of aromatic amines is 1. The lowest BCUT2D eigenvalue weighted by Crippen LogP contribution is -2.35. The third-order valence-corrected chi connectivity index (χ3v) is 5.87. The average Bonchev–Trinajstić information content (AvgIpc) is 2.93. The monoisotopic (exact) mass is 361 g/mol. The van der Waals surface area contributed by atoms with Gasteiger partial charge >= 0.3 is 6.09 Å². The summed E-state index contributed by atoms with van der Waals surface area (Å²) >= 11 is 6.14. The van der Waals surface area contributed by atoms with E-state index in [4.69, 9.17) is 16.3 Å². The predicted octanol–water partition coefficient (Wildman–Crippen LogP) is 3.94. The fraction of sp³-hybridized carbons (Fsp3) is 0.526. The van der Waals surface area contributed by atoms with E-state index in [1.54, 1.807) is 4.90 Å². The highest BCUT2D eigenvalue weighted by atomic mass is 35.5. The Morgan fingerprint density at radius 3 is 2.92 bits per heavy atom. The molecule has 0 unspecified atom stereocenters. The van der Waals surface area contributed by atoms with Gasteiger partial charge in [-0.15, -0.1) is 0 Å². The van der Waals surface area contributed by atoms with Crippen molar-refractivity contribution in [3.05, 3.63) is 34.5 Å². The van der Waals surface area contributed by atoms with E-state index in [0.29, 0.717) is 6.54 Å². The van der Waals surface area contributed by atoms with Gasteiger partial charge < -0.3 is 14.6 Å². The molecule has 0 aliphatic carbocycles. The quantitative estimate of drug-likeness (QED) is 0.881. The maximum absolute atomic E-state index is 11.8. The van der Waals surface area contributed by atoms with Crippen LogP contribution in [0.4, 0.5) is 4.79 Å². The molecule has 2 fully saturated rings. The van der Waals surface area contributed by atoms with Gasteiger partial charge in [0, 0.05) is 48.2 Å². The molecule has 6 heteroatoms. The maximum atomic E-state index is 11.8. The van der Waals surface area contributed by atoms with Crippen molar-refractivity contribution in [3.8, 4) is 0 Å². The van der Waals surface area contributed by atoms with Crippen molar-refractivity contribution in [2.45, 2.75) is 38.3 Å². The number of likely N-dealkylation sites (tertiary alicyclic amines) is 1. The minimum atomic E-state index is -0.288. The number of benzene rings is 1. The molecule has 1 aromatic heterocycles. The smallest absolute Gasteiger partial charge is 0.410 e. The molecule has 2 aliphatic heterocycles. The van der Waals surface area contributed by atoms with Crippen molar-refractivity contribution in [3.63, 3.8) is 0 Å². The van der Waals surface area contributed by atoms with Crippen LogP contribution >= 0.6 is 11.6 Å². The summed E-state index contributed by atoms with van der Waals surface area (Å²) in [6, 6.07) is 5.99. The van der Waals surface area contributed by atoms with Gasteiger partial charge in [0.05, 0.1) is 6.54 Å². The molecule has 2 aromatic rings. The summed E-state index contributed by atoms with van der Waals surface area (Å²) in [5.41, 5.74) is 3.36. The van der Waals surface area contributed by atoms with E-state index in [-0.39, 0.29) is 11.7 Å². The zero-order chi connectivity index (χ0) is 17.6. The van der Waals surface area contributed by atoms with Crippen LogP contribution in [0.15, 0.2) is 18.2 Å². The number of hydrogen-bond donors (Lipinski definition) is 1. The lowest BCUT2D eigenvalue weighted by atomic mass is 9.95. The van der Waals surface area contributed by atoms with Crippen LogP contribution < -0.4 is 0 Å². The van der Waals surface area contributed by atoms with Crippen LogP contribution in [0, 0.1) is 6.92 Å². The second-order valence-corrected chi connectivity index (χ2v) is 7.89. The average molecular weight is 362 g/mol. The summed E-state index contributed by atoms with van der Waals surface area (Å²) in [6.45, 7) is 5.72. The third kappa shape index (κ3) is 3.11. The molecule has 3 heterocycles. The molecule has 0 bridgehead atoms. The Morgan fingerprint density at radius 2 is 2.16 bits per heavy atom. The van der Waals surface area contributed by atoms with E-state index in [2.05, 4.69) is 16.8 Å². The molecule has 134 valence electrons. The zero-order valence-electron chi connectivity index (χ0n) is 14.8. The first-order valence-electron chi connectivity index (χ1n) is 8.89. The zero-order valence-corrected chi connectivity index (χ0v) is 15.5. The number of nitrogens with zero attached hydrogens (tertiary/aromatic N) is 2. The first kappa shape index (κ1) is 16.7. The molecule has 5 nitrogen and oxygen atoms in total. The van der Waals surface area contributed by atoms with E-state index in [0.717, 1.165) is 49.4 Å². The topological polar surface area (TPSA) is 48.6 Å². The van der Waals surface area contributed by atoms with Gasteiger partial charge in [-0.1, -0.05) is 11.6 Å². The number of aromatic nitrogens is 1. The van der Waals surface area contributed by atoms with E-state index in [9.17, 15) is 4.79 Å². The van der Waals surface area contributed by atoms with Crippen LogP contribution in [0.3, 0.4) is 0 Å². The molecule has 2 saturated heterocycles. The molecule has 1 N–H and O–H groups in total. The van der Waals surface area contributed by atoms with Crippen molar-refractivity contribution in [1.29, 1.82) is 0 Å². The van der Waals surface area contributed by atoms with Crippen molar-refractivity contribution in [2.24, 2.45) is 0 Å². The standard InChI is InChI=1S/C19H24ClN3O2/c1-13-15-10-14(20)4-5-16(15)21-17(13)11-23-8-3-6-19(7-9-23)12-22(2)18(24)25-19/h4-5,10,21H,3,6-9,11-12H2,1-2H3/t19-/m0/s1. The van der Waals surface area contributed by atoms with E-state index in [1.807, 2.05) is 25.2 Å². The highest BCUT2D eigenvalue weighted by Crippen LogP contribution is 2.33. The molecule has 2 aliphatic rings. The molecule has 1 atom stereocenters. The van der Waals surface area contributed by atoms with Gasteiger partial charge in [0.25, 0.3) is 0 Å². The van der Waals surface area contributed by atoms with Crippen molar-refractivity contribution in [2.75, 3.05) is 26.7 Å². The van der Waals surface area contributed by atoms with Gasteiger partial charge in [-0.05, 0) is 50.1 Å². The first-order chi connectivity index (χ1) is 12.0. The molecule has 1 aromatic carbocycles. The molecule has 0 saturated carbocycles. The molecular formula is C19H24ClN3O2. The highest BCUT2D eigenvalue weighted by Gasteiger charge is 2.44. The summed E-state index contributed by atoms with van der Waals surface area (Å²) in [4.78, 5) is 19.5. The van der Waals surface area contributed by atoms with Gasteiger partial charge in [-0.2, -0.15) is 0 Å². The number of ether oxygens (including phenoxy) is 1. The number of fused-ring (bicyclic) bond motifs is 1. The van der Waals surface area contributed by atoms with Gasteiger partial charge in [-0.3, -0.25) is 4.90 Å². The minimum absolute atomic E-state index is 0.184. The molecule has 1 amide bonds. The Morgan fingerprint density at radius 1 is 1.32 bits per heavy atom. The Bertz CT molecular complexity index is 818. The van der Waals surface area contributed by atoms with E-state index in [1.165, 1.54) is 16.6 Å². The lowest BCUT2D eigenvalue weighted by molar-refractivity contribution is 0.0442. The molecule has 4 rings (SSSR count). The predicted molar refractivity (Wildman–Crippen MR) is 99.0 cm³/mol. The number of hydrogen-bond acceptors (Lipinski definition) is 3. The van der Waals surface area contributed by atoms with Crippen LogP contribution in [0.1, 0.15) is 30.5 Å². The normalized spacial score (nSPS) is 24.9. The van der Waals surface area contributed by atoms with Gasteiger partial charge in [0.1, 0.15) is 5.60 Å². The Kier molecular flexibility index (Phi) is 4.16. The van der Waals surface area contributed by atoms with Crippen molar-refractivity contribution in [1.82, 2.24) is 14.8 Å². The van der Waals surface area contributed by atoms with E-state index >= 15 is 0 Å². The minimum Gasteiger partial charge on any atom is -0.441 e. The first-order valence-corrected chi connectivity index (χ1v) is 9.27. The number of carbonyl (C=O) groups is 1. The number of amides is 1. The summed E-state index contributed by atoms with van der Waals surface area (Å²) < 4.78 is 5.70. The SMILES string of the molecule is Cc1c(CN2CCC[C@]3(CC2)CN(C)C(=O)O3)[nH]c2ccc(Cl)cc12. The van der Waals surface area contributed by atoms with Gasteiger partial charge in [0.2, 0.25) is 0 Å². The van der Waals surface area contributed by atoms with Crippen LogP contribution in [-0.4, -0.2) is 53.2 Å². The van der Waals surface area contributed by atoms with E-state index < -0.39 is 0 Å². The van der Waals surface area contributed by atoms with Crippen LogP contribution in [0.25, 0.3) is 10.9 Å². The molecular weight excluding hydrogens is 338 g/mol. The second kappa shape index (κ2) is 6.22. The summed E-state index contributed by atoms with van der Waals surface area (Å²) in [7, 11) is 1.82. The van der Waals surface area contributed by atoms with Crippen LogP contribution in [0.5, 0.6) is 0 Å². The lowest BCUT2D eigenvalue weighted by Gasteiger charge is -2.25. The Hall–Kier alpha value is -1.72. The Labute approximate surface area is 152 Å². The van der Waals surface area contributed by atoms with Crippen LogP contribution in [0.2, 0.25) is 5.02 Å². The number of rotatable bonds is 2. The number of H-pyrrole nitrogens is 1. The number of nitrogens with one attached hydrogen (secondary N) is 1. The molecule has 25 heavy (non-hydrogen) atoms. The third-order valence-electron chi connectivity index (χ3n) is 5.64. The summed E-state index contributed by atoms with van der Waals surface area (Å²) in [5, 5.41) is 1.96. The number of halogens is 1. The van der Waals surface area contributed by atoms with Crippen molar-refractivity contribution >= 4 is 28.6 Å². The van der Waals surface area contributed by atoms with Crippen molar-refractivity contribution < 1.29 is 9.53 Å². The maximum Gasteiger partial charge on any atom is 0.410 e. The largest absolute Gasteiger partial charge is 0.441 e. The van der Waals surface area contributed by atoms with Crippen LogP contribution in [-0.2, 0) is 11.3 Å². The number of likely N-dealkylation sites (N-methyl/N-ethyl adjacent to an activating group) is 1. The number of aryl methyl sites for hydroxylation is 1. The fourth-order valence-electron chi connectivity index (χ4n) is 4.17. The molecule has 1 spiro atoms. The number of carbonyl (C=O) groups excluding carboxylic acids is 1.